The van der Waals surface area contributed by atoms with Gasteiger partial charge in [0.05, 0.1) is 0 Å². The smallest absolute Gasteiger partial charge is 0.125 e. The molecule has 0 radical (unpaired) electrons. The molecule has 0 aliphatic carbocycles. The minimum Gasteiger partial charge on any atom is -0.373 e. The zero-order valence-electron chi connectivity index (χ0n) is 8.46. The summed E-state index contributed by atoms with van der Waals surface area (Å²) >= 11 is 0. The Labute approximate surface area is 79.4 Å². The van der Waals surface area contributed by atoms with Gasteiger partial charge < -0.3 is 11.1 Å². The molecule has 1 heterocycles. The molecule has 0 bridgehead atoms. The van der Waals surface area contributed by atoms with Crippen molar-refractivity contribution in [3.05, 3.63) is 23.4 Å². The van der Waals surface area contributed by atoms with E-state index in [9.17, 15) is 0 Å². The number of anilines is 1. The SMILES string of the molecule is CC[C@H](N)c1cnc(NC)cc1C. The van der Waals surface area contributed by atoms with E-state index in [2.05, 4.69) is 24.1 Å². The van der Waals surface area contributed by atoms with Gasteiger partial charge in [-0.15, -0.1) is 0 Å². The molecule has 13 heavy (non-hydrogen) atoms. The van der Waals surface area contributed by atoms with Crippen molar-refractivity contribution in [3.8, 4) is 0 Å². The fourth-order valence-corrected chi connectivity index (χ4v) is 1.31. The van der Waals surface area contributed by atoms with Crippen LogP contribution in [0.15, 0.2) is 12.3 Å². The van der Waals surface area contributed by atoms with E-state index in [4.69, 9.17) is 5.73 Å². The Hall–Kier alpha value is -1.09. The van der Waals surface area contributed by atoms with E-state index in [0.717, 1.165) is 17.8 Å². The standard InChI is InChI=1S/C10H17N3/c1-4-9(11)8-6-13-10(12-3)5-7(8)2/h5-6,9H,4,11H2,1-3H3,(H,12,13)/t9-/m0/s1. The van der Waals surface area contributed by atoms with Crippen molar-refractivity contribution in [2.24, 2.45) is 5.73 Å². The minimum atomic E-state index is 0.110. The number of pyridine rings is 1. The number of nitrogens with one attached hydrogen (secondary N) is 1. The summed E-state index contributed by atoms with van der Waals surface area (Å²) in [7, 11) is 1.86. The lowest BCUT2D eigenvalue weighted by Gasteiger charge is -2.12. The first-order valence-electron chi connectivity index (χ1n) is 4.59. The van der Waals surface area contributed by atoms with Crippen LogP contribution in [0.5, 0.6) is 0 Å². The van der Waals surface area contributed by atoms with Crippen molar-refractivity contribution in [3.63, 3.8) is 0 Å². The average molecular weight is 179 g/mol. The van der Waals surface area contributed by atoms with Crippen LogP contribution >= 0.6 is 0 Å². The second-order valence-electron chi connectivity index (χ2n) is 3.19. The highest BCUT2D eigenvalue weighted by molar-refractivity contribution is 5.40. The number of hydrogen-bond donors (Lipinski definition) is 2. The molecule has 0 aromatic carbocycles. The lowest BCUT2D eigenvalue weighted by molar-refractivity contribution is 0.690. The molecule has 0 spiro atoms. The first kappa shape index (κ1) is 9.99. The summed E-state index contributed by atoms with van der Waals surface area (Å²) in [4.78, 5) is 4.24. The molecule has 0 aliphatic heterocycles. The van der Waals surface area contributed by atoms with Crippen LogP contribution in [0.25, 0.3) is 0 Å². The van der Waals surface area contributed by atoms with E-state index in [1.807, 2.05) is 19.3 Å². The first-order valence-corrected chi connectivity index (χ1v) is 4.59. The van der Waals surface area contributed by atoms with Crippen LogP contribution in [0, 0.1) is 6.92 Å². The summed E-state index contributed by atoms with van der Waals surface area (Å²) in [5.74, 6) is 0.893. The summed E-state index contributed by atoms with van der Waals surface area (Å²) in [5.41, 5.74) is 8.27. The third-order valence-electron chi connectivity index (χ3n) is 2.25. The highest BCUT2D eigenvalue weighted by Gasteiger charge is 2.07. The first-order chi connectivity index (χ1) is 6.19. The normalized spacial score (nSPS) is 12.6. The van der Waals surface area contributed by atoms with Crippen molar-refractivity contribution < 1.29 is 0 Å². The number of rotatable bonds is 3. The van der Waals surface area contributed by atoms with Gasteiger partial charge in [0.1, 0.15) is 5.82 Å². The fraction of sp³-hybridized carbons (Fsp3) is 0.500. The highest BCUT2D eigenvalue weighted by atomic mass is 14.9. The zero-order chi connectivity index (χ0) is 9.84. The van der Waals surface area contributed by atoms with Gasteiger partial charge in [-0.05, 0) is 30.5 Å². The maximum Gasteiger partial charge on any atom is 0.125 e. The Morgan fingerprint density at radius 1 is 1.62 bits per heavy atom. The second-order valence-corrected chi connectivity index (χ2v) is 3.19. The van der Waals surface area contributed by atoms with E-state index in [-0.39, 0.29) is 6.04 Å². The van der Waals surface area contributed by atoms with Crippen LogP contribution < -0.4 is 11.1 Å². The molecule has 3 heteroatoms. The van der Waals surface area contributed by atoms with Crippen LogP contribution in [0.2, 0.25) is 0 Å². The van der Waals surface area contributed by atoms with Crippen LogP contribution in [0.3, 0.4) is 0 Å². The predicted molar refractivity (Wildman–Crippen MR) is 55.7 cm³/mol. The van der Waals surface area contributed by atoms with Gasteiger partial charge in [-0.2, -0.15) is 0 Å². The Bertz CT molecular complexity index is 283. The Morgan fingerprint density at radius 2 is 2.31 bits per heavy atom. The fourth-order valence-electron chi connectivity index (χ4n) is 1.31. The molecular weight excluding hydrogens is 162 g/mol. The van der Waals surface area contributed by atoms with Gasteiger partial charge in [0.2, 0.25) is 0 Å². The van der Waals surface area contributed by atoms with E-state index >= 15 is 0 Å². The van der Waals surface area contributed by atoms with E-state index < -0.39 is 0 Å². The maximum absolute atomic E-state index is 5.93. The molecule has 1 rings (SSSR count). The quantitative estimate of drug-likeness (QED) is 0.744. The molecule has 1 aromatic rings. The van der Waals surface area contributed by atoms with Gasteiger partial charge in [-0.25, -0.2) is 4.98 Å². The topological polar surface area (TPSA) is 50.9 Å². The molecule has 1 aromatic heterocycles. The van der Waals surface area contributed by atoms with Crippen molar-refractivity contribution >= 4 is 5.82 Å². The molecule has 0 saturated carbocycles. The second kappa shape index (κ2) is 4.23. The van der Waals surface area contributed by atoms with Crippen LogP contribution in [0.4, 0.5) is 5.82 Å². The summed E-state index contributed by atoms with van der Waals surface area (Å²) in [5, 5.41) is 3.00. The molecule has 0 fully saturated rings. The molecule has 0 amide bonds. The van der Waals surface area contributed by atoms with Gasteiger partial charge in [0.25, 0.3) is 0 Å². The Morgan fingerprint density at radius 3 is 2.77 bits per heavy atom. The Kier molecular flexibility index (Phi) is 3.25. The van der Waals surface area contributed by atoms with Gasteiger partial charge >= 0.3 is 0 Å². The van der Waals surface area contributed by atoms with Gasteiger partial charge in [-0.1, -0.05) is 6.92 Å². The molecule has 3 nitrogen and oxygen atoms in total. The van der Waals surface area contributed by atoms with Crippen molar-refractivity contribution in [1.29, 1.82) is 0 Å². The summed E-state index contributed by atoms with van der Waals surface area (Å²) in [6.07, 6.45) is 2.80. The Balaban J connectivity index is 2.98. The van der Waals surface area contributed by atoms with Crippen LogP contribution in [-0.2, 0) is 0 Å². The number of nitrogens with zero attached hydrogens (tertiary/aromatic N) is 1. The number of aromatic nitrogens is 1. The average Bonchev–Trinajstić information content (AvgIpc) is 2.16. The van der Waals surface area contributed by atoms with Gasteiger partial charge in [0.15, 0.2) is 0 Å². The van der Waals surface area contributed by atoms with Crippen molar-refractivity contribution in [2.75, 3.05) is 12.4 Å². The highest BCUT2D eigenvalue weighted by Crippen LogP contribution is 2.19. The van der Waals surface area contributed by atoms with Gasteiger partial charge in [-0.3, -0.25) is 0 Å². The van der Waals surface area contributed by atoms with Crippen molar-refractivity contribution in [1.82, 2.24) is 4.98 Å². The molecule has 0 saturated heterocycles. The number of aryl methyl sites for hydroxylation is 1. The largest absolute Gasteiger partial charge is 0.373 e. The molecule has 1 atom stereocenters. The zero-order valence-corrected chi connectivity index (χ0v) is 8.46. The minimum absolute atomic E-state index is 0.110. The molecule has 0 aliphatic rings. The van der Waals surface area contributed by atoms with Crippen LogP contribution in [0.1, 0.15) is 30.5 Å². The lowest BCUT2D eigenvalue weighted by Crippen LogP contribution is -2.11. The summed E-state index contributed by atoms with van der Waals surface area (Å²) < 4.78 is 0. The predicted octanol–water partition coefficient (Wildman–Crippen LogP) is 1.84. The maximum atomic E-state index is 5.93. The summed E-state index contributed by atoms with van der Waals surface area (Å²) in [6.45, 7) is 4.14. The van der Waals surface area contributed by atoms with Gasteiger partial charge in [0, 0.05) is 19.3 Å². The number of hydrogen-bond acceptors (Lipinski definition) is 3. The molecular formula is C10H17N3. The summed E-state index contributed by atoms with van der Waals surface area (Å²) in [6, 6.07) is 2.13. The number of nitrogens with two attached hydrogens (primary N) is 1. The van der Waals surface area contributed by atoms with E-state index in [0.29, 0.717) is 0 Å². The van der Waals surface area contributed by atoms with E-state index in [1.54, 1.807) is 0 Å². The molecule has 3 N–H and O–H groups in total. The lowest BCUT2D eigenvalue weighted by atomic mass is 10.0. The third-order valence-corrected chi connectivity index (χ3v) is 2.25. The molecule has 0 unspecified atom stereocenters. The monoisotopic (exact) mass is 179 g/mol. The third kappa shape index (κ3) is 2.18. The van der Waals surface area contributed by atoms with Crippen LogP contribution in [-0.4, -0.2) is 12.0 Å². The van der Waals surface area contributed by atoms with Crippen molar-refractivity contribution in [2.45, 2.75) is 26.3 Å². The van der Waals surface area contributed by atoms with E-state index in [1.165, 1.54) is 5.56 Å². The molecule has 72 valence electrons.